The van der Waals surface area contributed by atoms with E-state index >= 15 is 0 Å². The maximum Gasteiger partial charge on any atom is 0 e. The van der Waals surface area contributed by atoms with E-state index in [0.29, 0.717) is 0 Å². The molecule has 37 heavy (non-hydrogen) atoms. The van der Waals surface area contributed by atoms with Gasteiger partial charge in [0.1, 0.15) is 0 Å². The zero-order chi connectivity index (χ0) is 26.3. The predicted molar refractivity (Wildman–Crippen MR) is 157 cm³/mol. The summed E-state index contributed by atoms with van der Waals surface area (Å²) in [5, 5.41) is 0. The molecule has 0 heterocycles. The van der Waals surface area contributed by atoms with Crippen molar-refractivity contribution >= 4 is 0 Å². The molecule has 0 spiro atoms. The van der Waals surface area contributed by atoms with Gasteiger partial charge in [0, 0.05) is 32.7 Å². The third-order valence-electron chi connectivity index (χ3n) is 9.81. The summed E-state index contributed by atoms with van der Waals surface area (Å²) in [5.74, 6) is 1.79. The second kappa shape index (κ2) is 12.3. The largest absolute Gasteiger partial charge is 0.177 e. The summed E-state index contributed by atoms with van der Waals surface area (Å²) in [5.41, 5.74) is 20.0. The molecule has 1 saturated carbocycles. The Bertz CT molecular complexity index is 1230. The summed E-state index contributed by atoms with van der Waals surface area (Å²) in [6.45, 7) is 23.0. The molecule has 4 rings (SSSR count). The van der Waals surface area contributed by atoms with Crippen LogP contribution in [0.15, 0.2) is 18.2 Å². The Morgan fingerprint density at radius 1 is 0.676 bits per heavy atom. The fraction of sp³-hybridized carbons (Fsp3) is 0.500. The van der Waals surface area contributed by atoms with E-state index in [4.69, 9.17) is 0 Å². The molecule has 0 unspecified atom stereocenters. The molecular weight excluding hydrogens is 521 g/mol. The van der Waals surface area contributed by atoms with Gasteiger partial charge in [-0.15, -0.1) is 5.56 Å². The molecule has 0 N–H and O–H groups in total. The van der Waals surface area contributed by atoms with Gasteiger partial charge in [-0.05, 0) is 122 Å². The molecule has 0 atom stereocenters. The van der Waals surface area contributed by atoms with Gasteiger partial charge in [-0.2, -0.15) is 28.3 Å². The smallest absolute Gasteiger partial charge is 0 e. The molecule has 3 aromatic rings. The van der Waals surface area contributed by atoms with E-state index in [0.717, 1.165) is 18.3 Å². The first-order chi connectivity index (χ1) is 17.0. The van der Waals surface area contributed by atoms with Crippen molar-refractivity contribution < 1.29 is 32.7 Å². The predicted octanol–water partition coefficient (Wildman–Crippen LogP) is 9.89. The van der Waals surface area contributed by atoms with Crippen LogP contribution in [0.25, 0.3) is 11.1 Å². The minimum Gasteiger partial charge on any atom is -0.177 e. The van der Waals surface area contributed by atoms with Crippen LogP contribution in [0.1, 0.15) is 99.4 Å². The van der Waals surface area contributed by atoms with Crippen LogP contribution >= 0.6 is 0 Å². The van der Waals surface area contributed by atoms with Crippen molar-refractivity contribution in [1.29, 1.82) is 0 Å². The average Bonchev–Trinajstić information content (AvgIpc) is 2.84. The van der Waals surface area contributed by atoms with Crippen LogP contribution in [0.3, 0.4) is 0 Å². The summed E-state index contributed by atoms with van der Waals surface area (Å²) in [6.07, 6.45) is 7.87. The number of hydrogen-bond donors (Lipinski definition) is 0. The van der Waals surface area contributed by atoms with E-state index in [9.17, 15) is 0 Å². The topological polar surface area (TPSA) is 0 Å². The van der Waals surface area contributed by atoms with Gasteiger partial charge in [0.15, 0.2) is 0 Å². The first kappa shape index (κ1) is 30.3. The van der Waals surface area contributed by atoms with Gasteiger partial charge >= 0.3 is 0 Å². The Kier molecular flexibility index (Phi) is 10.1. The zero-order valence-electron chi connectivity index (χ0n) is 25.2. The van der Waals surface area contributed by atoms with Crippen molar-refractivity contribution in [3.05, 3.63) is 91.0 Å². The SMILES string of the molecule is Cc1[c-]c(C)c(C)c(Cc2c(C)c(C)c(-c3ccc(CC4CCC(C)CC4)c(C)c3)c(C)c2C)c1C.[Y]. The summed E-state index contributed by atoms with van der Waals surface area (Å²) < 4.78 is 0. The summed E-state index contributed by atoms with van der Waals surface area (Å²) >= 11 is 0. The Morgan fingerprint density at radius 3 is 1.70 bits per heavy atom. The van der Waals surface area contributed by atoms with Gasteiger partial charge in [0.2, 0.25) is 0 Å². The Hall–Kier alpha value is -1.24. The van der Waals surface area contributed by atoms with Gasteiger partial charge in [0.25, 0.3) is 0 Å². The van der Waals surface area contributed by atoms with E-state index in [1.807, 2.05) is 0 Å². The van der Waals surface area contributed by atoms with Gasteiger partial charge < -0.3 is 0 Å². The molecule has 3 aromatic carbocycles. The van der Waals surface area contributed by atoms with Crippen LogP contribution in [-0.2, 0) is 45.6 Å². The van der Waals surface area contributed by atoms with E-state index in [2.05, 4.69) is 93.5 Å². The average molecular weight is 569 g/mol. The molecule has 0 aromatic heterocycles. The standard InChI is InChI=1S/C36H47.Y/c1-21-11-13-31(14-12-21)19-32-15-16-33(18-24(32)4)36-29(9)27(7)35(28(8)30(36)10)20-34-25(5)22(2)17-23(3)26(34)6;/h15-16,18,21,31H,11-14,19-20H2,1-10H3;/q-1;. The molecule has 0 bridgehead atoms. The monoisotopic (exact) mass is 568 g/mol. The van der Waals surface area contributed by atoms with Crippen LogP contribution in [0.5, 0.6) is 0 Å². The van der Waals surface area contributed by atoms with E-state index < -0.39 is 0 Å². The zero-order valence-corrected chi connectivity index (χ0v) is 28.0. The maximum atomic E-state index is 3.55. The fourth-order valence-corrected chi connectivity index (χ4v) is 6.66. The number of benzene rings is 3. The Labute approximate surface area is 252 Å². The molecule has 0 aliphatic heterocycles. The third kappa shape index (κ3) is 6.17. The molecule has 0 nitrogen and oxygen atoms in total. The molecule has 1 aliphatic carbocycles. The van der Waals surface area contributed by atoms with Crippen LogP contribution in [0, 0.1) is 80.2 Å². The quantitative estimate of drug-likeness (QED) is 0.269. The molecule has 195 valence electrons. The number of hydrogen-bond acceptors (Lipinski definition) is 0. The number of aryl methyl sites for hydroxylation is 3. The van der Waals surface area contributed by atoms with Gasteiger partial charge in [-0.3, -0.25) is 0 Å². The summed E-state index contributed by atoms with van der Waals surface area (Å²) in [6, 6.07) is 10.8. The van der Waals surface area contributed by atoms with E-state index in [1.165, 1.54) is 104 Å². The molecule has 0 saturated heterocycles. The van der Waals surface area contributed by atoms with Crippen LogP contribution in [-0.4, -0.2) is 0 Å². The first-order valence-electron chi connectivity index (χ1n) is 14.2. The number of rotatable bonds is 5. The molecule has 0 amide bonds. The van der Waals surface area contributed by atoms with E-state index in [-0.39, 0.29) is 32.7 Å². The van der Waals surface area contributed by atoms with Crippen LogP contribution in [0.4, 0.5) is 0 Å². The first-order valence-corrected chi connectivity index (χ1v) is 14.2. The molecular formula is C36H47Y-. The van der Waals surface area contributed by atoms with Gasteiger partial charge in [0.05, 0.1) is 0 Å². The minimum absolute atomic E-state index is 0. The maximum absolute atomic E-state index is 3.55. The van der Waals surface area contributed by atoms with Crippen molar-refractivity contribution in [2.75, 3.05) is 0 Å². The van der Waals surface area contributed by atoms with Crippen LogP contribution in [0.2, 0.25) is 0 Å². The molecule has 1 heteroatoms. The summed E-state index contributed by atoms with van der Waals surface area (Å²) in [4.78, 5) is 0. The van der Waals surface area contributed by atoms with E-state index in [1.54, 1.807) is 5.56 Å². The third-order valence-corrected chi connectivity index (χ3v) is 9.81. The fourth-order valence-electron chi connectivity index (χ4n) is 6.66. The van der Waals surface area contributed by atoms with Crippen LogP contribution < -0.4 is 0 Å². The van der Waals surface area contributed by atoms with Gasteiger partial charge in [-0.1, -0.05) is 65.7 Å². The Balaban J connectivity index is 0.00000380. The van der Waals surface area contributed by atoms with Crippen molar-refractivity contribution in [1.82, 2.24) is 0 Å². The second-order valence-electron chi connectivity index (χ2n) is 12.1. The van der Waals surface area contributed by atoms with Crippen molar-refractivity contribution in [3.63, 3.8) is 0 Å². The second-order valence-corrected chi connectivity index (χ2v) is 12.1. The molecule has 1 fully saturated rings. The van der Waals surface area contributed by atoms with Gasteiger partial charge in [-0.25, -0.2) is 0 Å². The van der Waals surface area contributed by atoms with Crippen molar-refractivity contribution in [2.24, 2.45) is 11.8 Å². The normalized spacial score (nSPS) is 17.6. The molecule has 1 radical (unpaired) electrons. The van der Waals surface area contributed by atoms with Crippen molar-refractivity contribution in [3.8, 4) is 11.1 Å². The summed E-state index contributed by atoms with van der Waals surface area (Å²) in [7, 11) is 0. The minimum atomic E-state index is 0. The molecule has 1 aliphatic rings. The van der Waals surface area contributed by atoms with Crippen molar-refractivity contribution in [2.45, 2.75) is 108 Å². The Morgan fingerprint density at radius 2 is 1.19 bits per heavy atom.